The molecule has 0 fully saturated rings. The van der Waals surface area contributed by atoms with Gasteiger partial charge in [0.1, 0.15) is 18.4 Å². The fraction of sp³-hybridized carbons (Fsp3) is 0.192. The number of nitrogens with one attached hydrogen (secondary N) is 2. The molecule has 0 heterocycles. The average Bonchev–Trinajstić information content (AvgIpc) is 2.88. The molecule has 0 saturated heterocycles. The van der Waals surface area contributed by atoms with Gasteiger partial charge in [-0.05, 0) is 72.6 Å². The Hall–Kier alpha value is -4.04. The monoisotopic (exact) mass is 495 g/mol. The highest BCUT2D eigenvalue weighted by atomic mass is 35.5. The van der Waals surface area contributed by atoms with Crippen molar-refractivity contribution in [2.24, 2.45) is 5.10 Å². The maximum Gasteiger partial charge on any atom is 0.262 e. The molecule has 35 heavy (non-hydrogen) atoms. The molecule has 9 heteroatoms. The Kier molecular flexibility index (Phi) is 9.09. The fourth-order valence-corrected chi connectivity index (χ4v) is 3.11. The van der Waals surface area contributed by atoms with Gasteiger partial charge < -0.3 is 19.5 Å². The van der Waals surface area contributed by atoms with E-state index in [9.17, 15) is 9.59 Å². The van der Waals surface area contributed by atoms with Gasteiger partial charge in [0, 0.05) is 10.6 Å². The Morgan fingerprint density at radius 2 is 1.69 bits per heavy atom. The SMILES string of the molecule is COc1ccc(C(=O)NC(C)C(=O)NN=Cc2ccc(OCc3ccc(Cl)cc3)c(OC)c2)cc1. The molecule has 3 aromatic rings. The normalized spacial score (nSPS) is 11.5. The minimum atomic E-state index is -0.792. The van der Waals surface area contributed by atoms with Crippen molar-refractivity contribution in [3.8, 4) is 17.2 Å². The molecular formula is C26H26ClN3O5. The first-order valence-corrected chi connectivity index (χ1v) is 11.1. The van der Waals surface area contributed by atoms with E-state index >= 15 is 0 Å². The second-order valence-electron chi connectivity index (χ2n) is 7.48. The topological polar surface area (TPSA) is 98.2 Å². The lowest BCUT2D eigenvalue weighted by atomic mass is 10.2. The van der Waals surface area contributed by atoms with E-state index in [0.717, 1.165) is 5.56 Å². The molecule has 0 aliphatic carbocycles. The first-order chi connectivity index (χ1) is 16.9. The van der Waals surface area contributed by atoms with Gasteiger partial charge in [-0.25, -0.2) is 5.43 Å². The van der Waals surface area contributed by atoms with Crippen molar-refractivity contribution in [1.82, 2.24) is 10.7 Å². The third-order valence-electron chi connectivity index (χ3n) is 4.98. The number of carbonyl (C=O) groups excluding carboxylic acids is 2. The summed E-state index contributed by atoms with van der Waals surface area (Å²) >= 11 is 5.91. The number of benzene rings is 3. The molecule has 0 saturated carbocycles. The van der Waals surface area contributed by atoms with E-state index in [1.165, 1.54) is 6.21 Å². The first kappa shape index (κ1) is 25.6. The van der Waals surface area contributed by atoms with Crippen LogP contribution in [-0.2, 0) is 11.4 Å². The van der Waals surface area contributed by atoms with Crippen LogP contribution in [0.5, 0.6) is 17.2 Å². The van der Waals surface area contributed by atoms with Crippen molar-refractivity contribution >= 4 is 29.6 Å². The van der Waals surface area contributed by atoms with E-state index in [2.05, 4.69) is 15.8 Å². The molecule has 8 nitrogen and oxygen atoms in total. The van der Waals surface area contributed by atoms with Crippen molar-refractivity contribution in [1.29, 1.82) is 0 Å². The number of hydrazone groups is 1. The highest BCUT2D eigenvalue weighted by molar-refractivity contribution is 6.30. The predicted molar refractivity (Wildman–Crippen MR) is 134 cm³/mol. The molecule has 2 amide bonds. The standard InChI is InChI=1S/C26H26ClN3O5/c1-17(29-26(32)20-7-11-22(33-2)12-8-20)25(31)30-28-15-19-6-13-23(24(14-19)34-3)35-16-18-4-9-21(27)10-5-18/h4-15,17H,16H2,1-3H3,(H,29,32)(H,30,31). The minimum Gasteiger partial charge on any atom is -0.497 e. The van der Waals surface area contributed by atoms with Crippen LogP contribution in [0.4, 0.5) is 0 Å². The van der Waals surface area contributed by atoms with Crippen LogP contribution in [-0.4, -0.2) is 38.3 Å². The first-order valence-electron chi connectivity index (χ1n) is 10.7. The molecule has 0 aromatic heterocycles. The molecule has 0 radical (unpaired) electrons. The number of hydrogen-bond donors (Lipinski definition) is 2. The number of ether oxygens (including phenoxy) is 3. The largest absolute Gasteiger partial charge is 0.497 e. The number of halogens is 1. The Morgan fingerprint density at radius 3 is 2.34 bits per heavy atom. The summed E-state index contributed by atoms with van der Waals surface area (Å²) in [5, 5.41) is 7.26. The van der Waals surface area contributed by atoms with E-state index in [0.29, 0.717) is 40.0 Å². The van der Waals surface area contributed by atoms with Gasteiger partial charge in [-0.3, -0.25) is 9.59 Å². The average molecular weight is 496 g/mol. The van der Waals surface area contributed by atoms with Crippen LogP contribution < -0.4 is 25.0 Å². The van der Waals surface area contributed by atoms with Crippen LogP contribution >= 0.6 is 11.6 Å². The Labute approximate surface area is 208 Å². The maximum atomic E-state index is 12.3. The van der Waals surface area contributed by atoms with Gasteiger partial charge in [-0.1, -0.05) is 23.7 Å². The van der Waals surface area contributed by atoms with E-state index in [1.807, 2.05) is 12.1 Å². The number of nitrogens with zero attached hydrogens (tertiary/aromatic N) is 1. The second kappa shape index (κ2) is 12.4. The lowest BCUT2D eigenvalue weighted by Crippen LogP contribution is -2.43. The molecule has 0 aliphatic rings. The minimum absolute atomic E-state index is 0.358. The molecule has 0 bridgehead atoms. The van der Waals surface area contributed by atoms with Gasteiger partial charge in [-0.2, -0.15) is 5.10 Å². The molecule has 3 rings (SSSR count). The zero-order valence-electron chi connectivity index (χ0n) is 19.6. The zero-order chi connectivity index (χ0) is 25.2. The number of carbonyl (C=O) groups is 2. The lowest BCUT2D eigenvalue weighted by molar-refractivity contribution is -0.122. The Balaban J connectivity index is 1.53. The zero-order valence-corrected chi connectivity index (χ0v) is 20.3. The summed E-state index contributed by atoms with van der Waals surface area (Å²) in [4.78, 5) is 24.6. The lowest BCUT2D eigenvalue weighted by Gasteiger charge is -2.13. The van der Waals surface area contributed by atoms with E-state index in [4.69, 9.17) is 25.8 Å². The molecular weight excluding hydrogens is 470 g/mol. The summed E-state index contributed by atoms with van der Waals surface area (Å²) in [7, 11) is 3.09. The summed E-state index contributed by atoms with van der Waals surface area (Å²) in [6.07, 6.45) is 1.47. The summed E-state index contributed by atoms with van der Waals surface area (Å²) in [6, 6.07) is 18.5. The van der Waals surface area contributed by atoms with Crippen molar-refractivity contribution < 1.29 is 23.8 Å². The van der Waals surface area contributed by atoms with Crippen molar-refractivity contribution in [2.75, 3.05) is 14.2 Å². The molecule has 2 N–H and O–H groups in total. The Bertz CT molecular complexity index is 1180. The highest BCUT2D eigenvalue weighted by Crippen LogP contribution is 2.28. The van der Waals surface area contributed by atoms with Gasteiger partial charge in [-0.15, -0.1) is 0 Å². The number of methoxy groups -OCH3 is 2. The second-order valence-corrected chi connectivity index (χ2v) is 7.92. The number of rotatable bonds is 10. The van der Waals surface area contributed by atoms with Crippen molar-refractivity contribution in [3.05, 3.63) is 88.4 Å². The summed E-state index contributed by atoms with van der Waals surface area (Å²) < 4.78 is 16.3. The number of hydrogen-bond acceptors (Lipinski definition) is 6. The van der Waals surface area contributed by atoms with Crippen LogP contribution in [0.3, 0.4) is 0 Å². The van der Waals surface area contributed by atoms with E-state index in [1.54, 1.807) is 75.7 Å². The molecule has 1 unspecified atom stereocenters. The quantitative estimate of drug-likeness (QED) is 0.324. The fourth-order valence-electron chi connectivity index (χ4n) is 2.98. The van der Waals surface area contributed by atoms with Gasteiger partial charge in [0.2, 0.25) is 0 Å². The summed E-state index contributed by atoms with van der Waals surface area (Å²) in [5.74, 6) is 0.892. The number of amides is 2. The van der Waals surface area contributed by atoms with Crippen LogP contribution in [0.15, 0.2) is 71.8 Å². The van der Waals surface area contributed by atoms with E-state index < -0.39 is 11.9 Å². The summed E-state index contributed by atoms with van der Waals surface area (Å²) in [6.45, 7) is 1.93. The van der Waals surface area contributed by atoms with Crippen molar-refractivity contribution in [3.63, 3.8) is 0 Å². The molecule has 3 aromatic carbocycles. The third kappa shape index (κ3) is 7.48. The molecule has 1 atom stereocenters. The predicted octanol–water partition coefficient (Wildman–Crippen LogP) is 4.20. The van der Waals surface area contributed by atoms with Crippen LogP contribution in [0.25, 0.3) is 0 Å². The molecule has 0 aliphatic heterocycles. The van der Waals surface area contributed by atoms with Gasteiger partial charge in [0.25, 0.3) is 11.8 Å². The summed E-state index contributed by atoms with van der Waals surface area (Å²) in [5.41, 5.74) is 4.50. The highest BCUT2D eigenvalue weighted by Gasteiger charge is 2.16. The van der Waals surface area contributed by atoms with Gasteiger partial charge >= 0.3 is 0 Å². The van der Waals surface area contributed by atoms with Gasteiger partial charge in [0.15, 0.2) is 11.5 Å². The molecule has 0 spiro atoms. The maximum absolute atomic E-state index is 12.3. The Morgan fingerprint density at radius 1 is 0.971 bits per heavy atom. The smallest absolute Gasteiger partial charge is 0.262 e. The van der Waals surface area contributed by atoms with Crippen LogP contribution in [0, 0.1) is 0 Å². The van der Waals surface area contributed by atoms with Crippen molar-refractivity contribution in [2.45, 2.75) is 19.6 Å². The van der Waals surface area contributed by atoms with Crippen LogP contribution in [0.1, 0.15) is 28.4 Å². The third-order valence-corrected chi connectivity index (χ3v) is 5.23. The van der Waals surface area contributed by atoms with Crippen LogP contribution in [0.2, 0.25) is 5.02 Å². The van der Waals surface area contributed by atoms with Gasteiger partial charge in [0.05, 0.1) is 20.4 Å². The molecule has 182 valence electrons. The van der Waals surface area contributed by atoms with E-state index in [-0.39, 0.29) is 5.91 Å².